The fourth-order valence-corrected chi connectivity index (χ4v) is 1.94. The zero-order chi connectivity index (χ0) is 13.5. The van der Waals surface area contributed by atoms with E-state index in [9.17, 15) is 0 Å². The van der Waals surface area contributed by atoms with E-state index in [0.29, 0.717) is 0 Å². The van der Waals surface area contributed by atoms with Gasteiger partial charge >= 0.3 is 0 Å². The summed E-state index contributed by atoms with van der Waals surface area (Å²) in [5, 5.41) is 3.87. The van der Waals surface area contributed by atoms with E-state index in [1.54, 1.807) is 11.8 Å². The summed E-state index contributed by atoms with van der Waals surface area (Å²) in [6.07, 6.45) is 3.11. The maximum Gasteiger partial charge on any atom is 0.191 e. The van der Waals surface area contributed by atoms with Gasteiger partial charge in [-0.2, -0.15) is 0 Å². The van der Waals surface area contributed by atoms with Crippen molar-refractivity contribution in [2.75, 3.05) is 57.8 Å². The Balaban J connectivity index is 2.68. The predicted molar refractivity (Wildman–Crippen MR) is 79.8 cm³/mol. The highest BCUT2D eigenvalue weighted by molar-refractivity contribution is 7.98. The summed E-state index contributed by atoms with van der Waals surface area (Å²) >= 11 is 1.56. The van der Waals surface area contributed by atoms with Gasteiger partial charge in [0.1, 0.15) is 11.6 Å². The second-order valence-electron chi connectivity index (χ2n) is 4.43. The van der Waals surface area contributed by atoms with Crippen LogP contribution in [0.3, 0.4) is 0 Å². The highest BCUT2D eigenvalue weighted by Gasteiger charge is 2.07. The molecule has 1 N–H and O–H groups in total. The first kappa shape index (κ1) is 15.0. The van der Waals surface area contributed by atoms with Gasteiger partial charge in [0.15, 0.2) is 5.16 Å². The van der Waals surface area contributed by atoms with Crippen LogP contribution in [0.5, 0.6) is 0 Å². The lowest BCUT2D eigenvalue weighted by Crippen LogP contribution is -2.24. The molecule has 1 aromatic heterocycles. The van der Waals surface area contributed by atoms with E-state index < -0.39 is 0 Å². The molecule has 0 aliphatic carbocycles. The summed E-state index contributed by atoms with van der Waals surface area (Å²) in [5.41, 5.74) is 0. The van der Waals surface area contributed by atoms with Crippen molar-refractivity contribution in [2.24, 2.45) is 0 Å². The normalized spacial score (nSPS) is 10.8. The van der Waals surface area contributed by atoms with Crippen LogP contribution in [-0.4, -0.2) is 62.4 Å². The van der Waals surface area contributed by atoms with E-state index in [2.05, 4.69) is 46.2 Å². The van der Waals surface area contributed by atoms with Crippen LogP contribution in [-0.2, 0) is 0 Å². The molecule has 6 heteroatoms. The van der Waals surface area contributed by atoms with E-state index in [1.165, 1.54) is 0 Å². The molecule has 18 heavy (non-hydrogen) atoms. The van der Waals surface area contributed by atoms with Gasteiger partial charge in [0, 0.05) is 26.7 Å². The van der Waals surface area contributed by atoms with Gasteiger partial charge in [-0.05, 0) is 33.3 Å². The summed E-state index contributed by atoms with van der Waals surface area (Å²) in [5.74, 6) is 1.83. The van der Waals surface area contributed by atoms with Crippen LogP contribution < -0.4 is 10.2 Å². The molecule has 1 heterocycles. The number of aromatic nitrogens is 2. The largest absolute Gasteiger partial charge is 0.373 e. The molecule has 0 spiro atoms. The third-order valence-electron chi connectivity index (χ3n) is 2.62. The molecule has 0 aliphatic rings. The minimum atomic E-state index is 0.802. The Labute approximate surface area is 114 Å². The number of hydrogen-bond donors (Lipinski definition) is 1. The first-order chi connectivity index (χ1) is 8.56. The molecule has 0 aromatic carbocycles. The van der Waals surface area contributed by atoms with Gasteiger partial charge in [0.25, 0.3) is 0 Å². The molecule has 5 nitrogen and oxygen atoms in total. The van der Waals surface area contributed by atoms with Gasteiger partial charge in [-0.15, -0.1) is 0 Å². The number of nitrogens with zero attached hydrogens (tertiary/aromatic N) is 4. The highest BCUT2D eigenvalue weighted by Crippen LogP contribution is 2.19. The highest BCUT2D eigenvalue weighted by atomic mass is 32.2. The number of rotatable bonds is 7. The van der Waals surface area contributed by atoms with Crippen LogP contribution in [0.25, 0.3) is 0 Å². The average Bonchev–Trinajstić information content (AvgIpc) is 2.37. The fraction of sp³-hybridized carbons (Fsp3) is 0.667. The topological polar surface area (TPSA) is 44.3 Å². The third kappa shape index (κ3) is 4.70. The molecule has 102 valence electrons. The van der Waals surface area contributed by atoms with E-state index in [4.69, 9.17) is 0 Å². The lowest BCUT2D eigenvalue weighted by atomic mass is 10.3. The fourth-order valence-electron chi connectivity index (χ4n) is 1.57. The monoisotopic (exact) mass is 269 g/mol. The molecule has 0 atom stereocenters. The summed E-state index contributed by atoms with van der Waals surface area (Å²) in [7, 11) is 8.13. The zero-order valence-corrected chi connectivity index (χ0v) is 12.7. The van der Waals surface area contributed by atoms with E-state index in [-0.39, 0.29) is 0 Å². The van der Waals surface area contributed by atoms with E-state index in [1.807, 2.05) is 19.4 Å². The third-order valence-corrected chi connectivity index (χ3v) is 3.17. The smallest absolute Gasteiger partial charge is 0.191 e. The van der Waals surface area contributed by atoms with E-state index >= 15 is 0 Å². The quantitative estimate of drug-likeness (QED) is 0.599. The molecule has 0 amide bonds. The van der Waals surface area contributed by atoms with Crippen molar-refractivity contribution in [3.05, 3.63) is 6.07 Å². The Bertz CT molecular complexity index is 347. The van der Waals surface area contributed by atoms with Gasteiger partial charge in [-0.1, -0.05) is 11.8 Å². The van der Waals surface area contributed by atoms with Crippen molar-refractivity contribution in [2.45, 2.75) is 11.6 Å². The Hall–Kier alpha value is -1.01. The summed E-state index contributed by atoms with van der Waals surface area (Å²) in [6, 6.07) is 1.98. The van der Waals surface area contributed by atoms with Crippen LogP contribution >= 0.6 is 11.8 Å². The van der Waals surface area contributed by atoms with Crippen LogP contribution in [0.4, 0.5) is 11.6 Å². The average molecular weight is 269 g/mol. The molecule has 0 fully saturated rings. The van der Waals surface area contributed by atoms with Crippen molar-refractivity contribution in [1.82, 2.24) is 14.9 Å². The van der Waals surface area contributed by atoms with Crippen molar-refractivity contribution < 1.29 is 0 Å². The van der Waals surface area contributed by atoms with Crippen molar-refractivity contribution in [3.63, 3.8) is 0 Å². The molecule has 0 radical (unpaired) electrons. The number of nitrogens with one attached hydrogen (secondary N) is 1. The van der Waals surface area contributed by atoms with Gasteiger partial charge in [0.05, 0.1) is 0 Å². The van der Waals surface area contributed by atoms with Gasteiger partial charge in [-0.3, -0.25) is 0 Å². The summed E-state index contributed by atoms with van der Waals surface area (Å²) in [4.78, 5) is 13.3. The van der Waals surface area contributed by atoms with Gasteiger partial charge in [0.2, 0.25) is 0 Å². The Morgan fingerprint density at radius 1 is 1.22 bits per heavy atom. The van der Waals surface area contributed by atoms with Crippen molar-refractivity contribution in [3.8, 4) is 0 Å². The number of anilines is 2. The summed E-state index contributed by atoms with van der Waals surface area (Å²) < 4.78 is 0. The lowest BCUT2D eigenvalue weighted by Gasteiger charge is -2.20. The molecule has 0 saturated heterocycles. The predicted octanol–water partition coefficient (Wildman–Crippen LogP) is 1.63. The Morgan fingerprint density at radius 3 is 2.50 bits per heavy atom. The van der Waals surface area contributed by atoms with E-state index in [0.717, 1.165) is 36.3 Å². The van der Waals surface area contributed by atoms with Gasteiger partial charge in [-0.25, -0.2) is 9.97 Å². The van der Waals surface area contributed by atoms with Crippen LogP contribution in [0.1, 0.15) is 6.42 Å². The SMILES string of the molecule is CNc1cc(N(C)CCCN(C)C)nc(SC)n1. The standard InChI is InChI=1S/C12H23N5S/c1-13-10-9-11(15-12(14-10)18-5)17(4)8-6-7-16(2)3/h9H,6-8H2,1-5H3,(H,13,14,15). The molecule has 0 bridgehead atoms. The van der Waals surface area contributed by atoms with Gasteiger partial charge < -0.3 is 15.1 Å². The van der Waals surface area contributed by atoms with Crippen LogP contribution in [0.2, 0.25) is 0 Å². The lowest BCUT2D eigenvalue weighted by molar-refractivity contribution is 0.401. The molecule has 0 aliphatic heterocycles. The Kier molecular flexibility index (Phi) is 6.21. The molecule has 1 rings (SSSR count). The molecule has 0 unspecified atom stereocenters. The minimum Gasteiger partial charge on any atom is -0.373 e. The molecule has 0 saturated carbocycles. The molecule has 1 aromatic rings. The minimum absolute atomic E-state index is 0.802. The second kappa shape index (κ2) is 7.43. The maximum atomic E-state index is 4.52. The summed E-state index contributed by atoms with van der Waals surface area (Å²) in [6.45, 7) is 2.08. The van der Waals surface area contributed by atoms with Crippen LogP contribution in [0, 0.1) is 0 Å². The zero-order valence-electron chi connectivity index (χ0n) is 11.9. The number of hydrogen-bond acceptors (Lipinski definition) is 6. The maximum absolute atomic E-state index is 4.52. The van der Waals surface area contributed by atoms with Crippen molar-refractivity contribution >= 4 is 23.4 Å². The first-order valence-corrected chi connectivity index (χ1v) is 7.26. The van der Waals surface area contributed by atoms with Crippen LogP contribution in [0.15, 0.2) is 11.2 Å². The molecular formula is C12H23N5S. The Morgan fingerprint density at radius 2 is 1.94 bits per heavy atom. The molecular weight excluding hydrogens is 246 g/mol. The number of thioether (sulfide) groups is 1. The van der Waals surface area contributed by atoms with Crippen molar-refractivity contribution in [1.29, 1.82) is 0 Å². The second-order valence-corrected chi connectivity index (χ2v) is 5.20. The first-order valence-electron chi connectivity index (χ1n) is 6.03.